The monoisotopic (exact) mass is 257 g/mol. The number of ether oxygens (including phenoxy) is 1. The number of nitrogens with one attached hydrogen (secondary N) is 1. The summed E-state index contributed by atoms with van der Waals surface area (Å²) in [5.41, 5.74) is 0.921. The molecule has 0 spiro atoms. The average molecular weight is 258 g/mol. The topological polar surface area (TPSA) is 58.6 Å². The third-order valence-electron chi connectivity index (χ3n) is 2.31. The summed E-state index contributed by atoms with van der Waals surface area (Å²) in [6.07, 6.45) is 0. The zero-order valence-electron chi connectivity index (χ0n) is 9.87. The number of hydrogen-bond donors (Lipinski definition) is 2. The minimum Gasteiger partial charge on any atom is -0.478 e. The fourth-order valence-electron chi connectivity index (χ4n) is 1.43. The molecule has 0 fully saturated rings. The lowest BCUT2D eigenvalue weighted by atomic mass is 10.1. The van der Waals surface area contributed by atoms with E-state index < -0.39 is 5.97 Å². The molecular weight excluding hydrogens is 242 g/mol. The van der Waals surface area contributed by atoms with Crippen LogP contribution in [0.25, 0.3) is 0 Å². The van der Waals surface area contributed by atoms with Crippen LogP contribution in [0.3, 0.4) is 0 Å². The van der Waals surface area contributed by atoms with Gasteiger partial charge in [-0.25, -0.2) is 4.79 Å². The van der Waals surface area contributed by atoms with E-state index in [1.54, 1.807) is 19.2 Å². The van der Waals surface area contributed by atoms with E-state index in [1.165, 1.54) is 6.07 Å². The Bertz CT molecular complexity index is 395. The maximum Gasteiger partial charge on any atom is 0.337 e. The Morgan fingerprint density at radius 3 is 2.82 bits per heavy atom. The second kappa shape index (κ2) is 6.47. The van der Waals surface area contributed by atoms with Crippen molar-refractivity contribution in [1.29, 1.82) is 0 Å². The van der Waals surface area contributed by atoms with E-state index in [1.807, 2.05) is 0 Å². The van der Waals surface area contributed by atoms with Crippen LogP contribution in [-0.4, -0.2) is 31.3 Å². The average Bonchev–Trinajstić information content (AvgIpc) is 2.26. The fourth-order valence-corrected chi connectivity index (χ4v) is 1.70. The van der Waals surface area contributed by atoms with Gasteiger partial charge < -0.3 is 15.2 Å². The second-order valence-corrected chi connectivity index (χ2v) is 4.35. The van der Waals surface area contributed by atoms with Crippen LogP contribution in [-0.2, 0) is 4.74 Å². The van der Waals surface area contributed by atoms with Gasteiger partial charge in [-0.1, -0.05) is 18.5 Å². The maximum absolute atomic E-state index is 10.8. The predicted molar refractivity (Wildman–Crippen MR) is 67.9 cm³/mol. The summed E-state index contributed by atoms with van der Waals surface area (Å²) in [5, 5.41) is 12.2. The summed E-state index contributed by atoms with van der Waals surface area (Å²) >= 11 is 5.86. The van der Waals surface area contributed by atoms with Crippen molar-refractivity contribution in [2.24, 2.45) is 5.92 Å². The molecule has 0 aromatic heterocycles. The molecule has 0 heterocycles. The van der Waals surface area contributed by atoms with Crippen molar-refractivity contribution in [2.75, 3.05) is 25.6 Å². The van der Waals surface area contributed by atoms with E-state index in [0.29, 0.717) is 12.5 Å². The Balaban J connectivity index is 2.62. The summed E-state index contributed by atoms with van der Waals surface area (Å²) < 4.78 is 5.02. The number of aromatic carboxylic acids is 1. The number of rotatable bonds is 6. The van der Waals surface area contributed by atoms with E-state index in [9.17, 15) is 4.79 Å². The second-order valence-electron chi connectivity index (χ2n) is 3.94. The molecule has 0 bridgehead atoms. The Morgan fingerprint density at radius 1 is 1.59 bits per heavy atom. The minimum atomic E-state index is -1.02. The van der Waals surface area contributed by atoms with Crippen LogP contribution in [0.2, 0.25) is 5.02 Å². The van der Waals surface area contributed by atoms with Crippen molar-refractivity contribution >= 4 is 23.3 Å². The normalized spacial score (nSPS) is 12.2. The molecule has 1 unspecified atom stereocenters. The van der Waals surface area contributed by atoms with Crippen LogP contribution in [0, 0.1) is 5.92 Å². The molecule has 1 rings (SSSR count). The molecule has 17 heavy (non-hydrogen) atoms. The molecule has 0 aliphatic carbocycles. The van der Waals surface area contributed by atoms with Crippen LogP contribution in [0.5, 0.6) is 0 Å². The van der Waals surface area contributed by atoms with Crippen LogP contribution in [0.4, 0.5) is 5.69 Å². The zero-order chi connectivity index (χ0) is 12.8. The molecule has 4 nitrogen and oxygen atoms in total. The van der Waals surface area contributed by atoms with Crippen molar-refractivity contribution in [3.63, 3.8) is 0 Å². The van der Waals surface area contributed by atoms with Crippen LogP contribution >= 0.6 is 11.6 Å². The molecule has 0 aliphatic rings. The van der Waals surface area contributed by atoms with Gasteiger partial charge in [-0.05, 0) is 24.1 Å². The van der Waals surface area contributed by atoms with Crippen LogP contribution in [0.1, 0.15) is 17.3 Å². The molecule has 2 N–H and O–H groups in total. The number of methoxy groups -OCH3 is 1. The summed E-state index contributed by atoms with van der Waals surface area (Å²) in [6, 6.07) is 4.81. The molecule has 1 atom stereocenters. The largest absolute Gasteiger partial charge is 0.478 e. The Kier molecular flexibility index (Phi) is 5.25. The van der Waals surface area contributed by atoms with E-state index in [-0.39, 0.29) is 10.6 Å². The first-order valence-electron chi connectivity index (χ1n) is 5.30. The van der Waals surface area contributed by atoms with Gasteiger partial charge in [0.15, 0.2) is 0 Å². The van der Waals surface area contributed by atoms with E-state index in [0.717, 1.165) is 12.2 Å². The van der Waals surface area contributed by atoms with Crippen molar-refractivity contribution < 1.29 is 14.6 Å². The standard InChI is InChI=1S/C12H16ClNO3/c1-8(7-17-2)6-14-9-3-4-10(12(15)16)11(13)5-9/h3-5,8,14H,6-7H2,1-2H3,(H,15,16). The van der Waals surface area contributed by atoms with Gasteiger partial charge in [-0.2, -0.15) is 0 Å². The van der Waals surface area contributed by atoms with Gasteiger partial charge in [0.1, 0.15) is 0 Å². The number of carboxylic acids is 1. The van der Waals surface area contributed by atoms with Crippen molar-refractivity contribution in [3.05, 3.63) is 28.8 Å². The first-order chi connectivity index (χ1) is 8.04. The number of hydrogen-bond acceptors (Lipinski definition) is 3. The molecule has 0 saturated heterocycles. The fraction of sp³-hybridized carbons (Fsp3) is 0.417. The van der Waals surface area contributed by atoms with E-state index >= 15 is 0 Å². The van der Waals surface area contributed by atoms with Crippen molar-refractivity contribution in [2.45, 2.75) is 6.92 Å². The van der Waals surface area contributed by atoms with Gasteiger partial charge in [0.25, 0.3) is 0 Å². The molecule has 0 radical (unpaired) electrons. The molecule has 0 aliphatic heterocycles. The summed E-state index contributed by atoms with van der Waals surface area (Å²) in [4.78, 5) is 10.8. The minimum absolute atomic E-state index is 0.113. The molecule has 94 valence electrons. The summed E-state index contributed by atoms with van der Waals surface area (Å²) in [5.74, 6) is -0.646. The third-order valence-corrected chi connectivity index (χ3v) is 2.62. The molecular formula is C12H16ClNO3. The maximum atomic E-state index is 10.8. The predicted octanol–water partition coefficient (Wildman–Crippen LogP) is 2.73. The number of carboxylic acid groups (broad SMARTS) is 1. The van der Waals surface area contributed by atoms with Gasteiger partial charge in [-0.3, -0.25) is 0 Å². The van der Waals surface area contributed by atoms with Crippen molar-refractivity contribution in [3.8, 4) is 0 Å². The lowest BCUT2D eigenvalue weighted by molar-refractivity contribution is 0.0697. The molecule has 5 heteroatoms. The highest BCUT2D eigenvalue weighted by Gasteiger charge is 2.09. The van der Waals surface area contributed by atoms with Gasteiger partial charge in [-0.15, -0.1) is 0 Å². The van der Waals surface area contributed by atoms with Crippen LogP contribution < -0.4 is 5.32 Å². The van der Waals surface area contributed by atoms with Gasteiger partial charge in [0, 0.05) is 19.3 Å². The summed E-state index contributed by atoms with van der Waals surface area (Å²) in [7, 11) is 1.66. The number of benzene rings is 1. The van der Waals surface area contributed by atoms with E-state index in [4.69, 9.17) is 21.4 Å². The van der Waals surface area contributed by atoms with Gasteiger partial charge in [0.2, 0.25) is 0 Å². The quantitative estimate of drug-likeness (QED) is 0.823. The Morgan fingerprint density at radius 2 is 2.29 bits per heavy atom. The van der Waals surface area contributed by atoms with Crippen molar-refractivity contribution in [1.82, 2.24) is 0 Å². The lowest BCUT2D eigenvalue weighted by Crippen LogP contribution is -2.15. The van der Waals surface area contributed by atoms with Crippen LogP contribution in [0.15, 0.2) is 18.2 Å². The SMILES string of the molecule is COCC(C)CNc1ccc(C(=O)O)c(Cl)c1. The summed E-state index contributed by atoms with van der Waals surface area (Å²) in [6.45, 7) is 3.48. The Labute approximate surface area is 106 Å². The molecule has 0 amide bonds. The smallest absolute Gasteiger partial charge is 0.337 e. The number of carbonyl (C=O) groups is 1. The molecule has 0 saturated carbocycles. The molecule has 1 aromatic rings. The highest BCUT2D eigenvalue weighted by atomic mass is 35.5. The number of anilines is 1. The highest BCUT2D eigenvalue weighted by Crippen LogP contribution is 2.21. The van der Waals surface area contributed by atoms with E-state index in [2.05, 4.69) is 12.2 Å². The zero-order valence-corrected chi connectivity index (χ0v) is 10.6. The Hall–Kier alpha value is -1.26. The third kappa shape index (κ3) is 4.24. The molecule has 1 aromatic carbocycles. The number of halogens is 1. The van der Waals surface area contributed by atoms with Gasteiger partial charge >= 0.3 is 5.97 Å². The first-order valence-corrected chi connectivity index (χ1v) is 5.68. The van der Waals surface area contributed by atoms with Gasteiger partial charge in [0.05, 0.1) is 17.2 Å². The highest BCUT2D eigenvalue weighted by molar-refractivity contribution is 6.33. The lowest BCUT2D eigenvalue weighted by Gasteiger charge is -2.13. The first kappa shape index (κ1) is 13.8.